The van der Waals surface area contributed by atoms with Crippen molar-refractivity contribution in [3.8, 4) is 5.69 Å². The number of nitrogens with one attached hydrogen (secondary N) is 1. The summed E-state index contributed by atoms with van der Waals surface area (Å²) < 4.78 is 1.98. The molecule has 2 heterocycles. The van der Waals surface area contributed by atoms with E-state index in [4.69, 9.17) is 0 Å². The van der Waals surface area contributed by atoms with Crippen LogP contribution < -0.4 is 5.32 Å². The largest absolute Gasteiger partial charge is 0.312 e. The van der Waals surface area contributed by atoms with Gasteiger partial charge in [0.05, 0.1) is 11.4 Å². The van der Waals surface area contributed by atoms with E-state index >= 15 is 0 Å². The summed E-state index contributed by atoms with van der Waals surface area (Å²) in [6, 6.07) is 10.9. The maximum absolute atomic E-state index is 4.64. The van der Waals surface area contributed by atoms with Crippen LogP contribution in [0.4, 0.5) is 0 Å². The molecule has 0 spiro atoms. The highest BCUT2D eigenvalue weighted by Crippen LogP contribution is 2.14. The van der Waals surface area contributed by atoms with Crippen LogP contribution in [0.2, 0.25) is 0 Å². The Bertz CT molecular complexity index is 561. The molecule has 4 heteroatoms. The Morgan fingerprint density at radius 3 is 2.85 bits per heavy atom. The molecular formula is C16H22N4. The molecule has 1 fully saturated rings. The van der Waals surface area contributed by atoms with Crippen molar-refractivity contribution in [1.82, 2.24) is 20.0 Å². The predicted molar refractivity (Wildman–Crippen MR) is 81.0 cm³/mol. The van der Waals surface area contributed by atoms with Crippen LogP contribution in [0.25, 0.3) is 5.69 Å². The molecule has 1 aromatic heterocycles. The molecule has 0 amide bonds. The lowest BCUT2D eigenvalue weighted by molar-refractivity contribution is 0.199. The van der Waals surface area contributed by atoms with Crippen LogP contribution in [0.3, 0.4) is 0 Å². The van der Waals surface area contributed by atoms with Crippen LogP contribution in [-0.2, 0) is 6.54 Å². The van der Waals surface area contributed by atoms with Gasteiger partial charge in [0.2, 0.25) is 0 Å². The van der Waals surface area contributed by atoms with E-state index in [0.717, 1.165) is 37.6 Å². The third kappa shape index (κ3) is 2.92. The fourth-order valence-electron chi connectivity index (χ4n) is 2.76. The summed E-state index contributed by atoms with van der Waals surface area (Å²) in [7, 11) is 0. The third-order valence-electron chi connectivity index (χ3n) is 3.87. The molecule has 2 aromatic rings. The molecule has 1 saturated heterocycles. The Morgan fingerprint density at radius 2 is 2.10 bits per heavy atom. The van der Waals surface area contributed by atoms with Crippen LogP contribution >= 0.6 is 0 Å². The van der Waals surface area contributed by atoms with E-state index in [0.29, 0.717) is 6.04 Å². The zero-order valence-electron chi connectivity index (χ0n) is 12.2. The Morgan fingerprint density at radius 1 is 1.30 bits per heavy atom. The summed E-state index contributed by atoms with van der Waals surface area (Å²) in [5, 5.41) is 8.12. The minimum Gasteiger partial charge on any atom is -0.312 e. The molecule has 1 aliphatic rings. The first-order valence-electron chi connectivity index (χ1n) is 7.28. The van der Waals surface area contributed by atoms with Crippen molar-refractivity contribution >= 4 is 0 Å². The SMILES string of the molecule is Cc1nn(-c2ccccc2)cc1CN1CCN[C@@H](C)C1. The normalized spacial score (nSPS) is 20.2. The van der Waals surface area contributed by atoms with Gasteiger partial charge in [0.25, 0.3) is 0 Å². The minimum atomic E-state index is 0.577. The second-order valence-corrected chi connectivity index (χ2v) is 5.61. The van der Waals surface area contributed by atoms with Gasteiger partial charge in [-0.25, -0.2) is 4.68 Å². The number of hydrogen-bond acceptors (Lipinski definition) is 3. The van der Waals surface area contributed by atoms with Crippen molar-refractivity contribution in [1.29, 1.82) is 0 Å². The van der Waals surface area contributed by atoms with Gasteiger partial charge in [-0.1, -0.05) is 18.2 Å². The number of rotatable bonds is 3. The van der Waals surface area contributed by atoms with Crippen molar-refractivity contribution in [2.24, 2.45) is 0 Å². The number of para-hydroxylation sites is 1. The van der Waals surface area contributed by atoms with Crippen molar-refractivity contribution in [3.63, 3.8) is 0 Å². The van der Waals surface area contributed by atoms with Crippen molar-refractivity contribution in [3.05, 3.63) is 47.8 Å². The first-order valence-corrected chi connectivity index (χ1v) is 7.28. The molecule has 0 bridgehead atoms. The van der Waals surface area contributed by atoms with Crippen LogP contribution in [0.1, 0.15) is 18.2 Å². The molecule has 1 aromatic carbocycles. The summed E-state index contributed by atoms with van der Waals surface area (Å²) in [5.41, 5.74) is 3.57. The molecule has 106 valence electrons. The molecule has 0 saturated carbocycles. The highest BCUT2D eigenvalue weighted by atomic mass is 15.3. The Hall–Kier alpha value is -1.65. The molecule has 4 nitrogen and oxygen atoms in total. The Balaban J connectivity index is 1.76. The third-order valence-corrected chi connectivity index (χ3v) is 3.87. The van der Waals surface area contributed by atoms with Gasteiger partial charge in [-0.05, 0) is 26.0 Å². The molecule has 1 atom stereocenters. The smallest absolute Gasteiger partial charge is 0.0645 e. The van der Waals surface area contributed by atoms with E-state index in [2.05, 4.69) is 47.5 Å². The van der Waals surface area contributed by atoms with Crippen LogP contribution in [0.15, 0.2) is 36.5 Å². The van der Waals surface area contributed by atoms with Crippen LogP contribution in [0, 0.1) is 6.92 Å². The first kappa shape index (κ1) is 13.3. The molecule has 0 radical (unpaired) electrons. The van der Waals surface area contributed by atoms with Gasteiger partial charge in [0.15, 0.2) is 0 Å². The van der Waals surface area contributed by atoms with Crippen LogP contribution in [0.5, 0.6) is 0 Å². The molecule has 3 rings (SSSR count). The van der Waals surface area contributed by atoms with Gasteiger partial charge in [-0.3, -0.25) is 4.90 Å². The molecular weight excluding hydrogens is 248 g/mol. The molecule has 0 unspecified atom stereocenters. The molecule has 0 aliphatic carbocycles. The fourth-order valence-corrected chi connectivity index (χ4v) is 2.76. The Labute approximate surface area is 120 Å². The molecule has 1 aliphatic heterocycles. The highest BCUT2D eigenvalue weighted by Gasteiger charge is 2.17. The summed E-state index contributed by atoms with van der Waals surface area (Å²) in [6.45, 7) is 8.63. The average Bonchev–Trinajstić information content (AvgIpc) is 2.81. The van der Waals surface area contributed by atoms with E-state index in [1.807, 2.05) is 22.9 Å². The number of aryl methyl sites for hydroxylation is 1. The topological polar surface area (TPSA) is 33.1 Å². The monoisotopic (exact) mass is 270 g/mol. The van der Waals surface area contributed by atoms with Gasteiger partial charge < -0.3 is 5.32 Å². The minimum absolute atomic E-state index is 0.577. The zero-order valence-corrected chi connectivity index (χ0v) is 12.2. The number of benzene rings is 1. The second-order valence-electron chi connectivity index (χ2n) is 5.61. The lowest BCUT2D eigenvalue weighted by Crippen LogP contribution is -2.48. The summed E-state index contributed by atoms with van der Waals surface area (Å²) >= 11 is 0. The lowest BCUT2D eigenvalue weighted by Gasteiger charge is -2.31. The van der Waals surface area contributed by atoms with E-state index in [1.165, 1.54) is 5.56 Å². The second kappa shape index (κ2) is 5.77. The number of nitrogens with zero attached hydrogens (tertiary/aromatic N) is 3. The summed E-state index contributed by atoms with van der Waals surface area (Å²) in [4.78, 5) is 2.50. The van der Waals surface area contributed by atoms with Crippen molar-refractivity contribution < 1.29 is 0 Å². The van der Waals surface area contributed by atoms with Gasteiger partial charge in [-0.15, -0.1) is 0 Å². The average molecular weight is 270 g/mol. The summed E-state index contributed by atoms with van der Waals surface area (Å²) in [6.07, 6.45) is 2.16. The van der Waals surface area contributed by atoms with E-state index < -0.39 is 0 Å². The predicted octanol–water partition coefficient (Wildman–Crippen LogP) is 1.97. The van der Waals surface area contributed by atoms with E-state index in [1.54, 1.807) is 0 Å². The number of aromatic nitrogens is 2. The molecule has 20 heavy (non-hydrogen) atoms. The quantitative estimate of drug-likeness (QED) is 0.926. The van der Waals surface area contributed by atoms with Crippen molar-refractivity contribution in [2.75, 3.05) is 19.6 Å². The maximum Gasteiger partial charge on any atom is 0.0645 e. The van der Waals surface area contributed by atoms with E-state index in [-0.39, 0.29) is 0 Å². The zero-order chi connectivity index (χ0) is 13.9. The Kier molecular flexibility index (Phi) is 3.85. The number of piperazine rings is 1. The first-order chi connectivity index (χ1) is 9.72. The fraction of sp³-hybridized carbons (Fsp3) is 0.438. The van der Waals surface area contributed by atoms with Crippen LogP contribution in [-0.4, -0.2) is 40.4 Å². The van der Waals surface area contributed by atoms with Gasteiger partial charge in [-0.2, -0.15) is 5.10 Å². The summed E-state index contributed by atoms with van der Waals surface area (Å²) in [5.74, 6) is 0. The standard InChI is InChI=1S/C16H22N4/c1-13-10-19(9-8-17-13)11-15-12-20(18-14(15)2)16-6-4-3-5-7-16/h3-7,12-13,17H,8-11H2,1-2H3/t13-/m0/s1. The maximum atomic E-state index is 4.64. The van der Waals surface area contributed by atoms with Gasteiger partial charge in [0, 0.05) is 44.0 Å². The van der Waals surface area contributed by atoms with E-state index in [9.17, 15) is 0 Å². The number of hydrogen-bond donors (Lipinski definition) is 1. The van der Waals surface area contributed by atoms with Gasteiger partial charge in [0.1, 0.15) is 0 Å². The molecule has 1 N–H and O–H groups in total. The highest BCUT2D eigenvalue weighted by molar-refractivity contribution is 5.32. The lowest BCUT2D eigenvalue weighted by atomic mass is 10.2. The van der Waals surface area contributed by atoms with Crippen molar-refractivity contribution in [2.45, 2.75) is 26.4 Å². The van der Waals surface area contributed by atoms with Gasteiger partial charge >= 0.3 is 0 Å².